The number of anilines is 2. The molecule has 0 saturated carbocycles. The number of ether oxygens (including phenoxy) is 1. The van der Waals surface area contributed by atoms with Crippen molar-refractivity contribution in [2.24, 2.45) is 0 Å². The monoisotopic (exact) mass is 280 g/mol. The molecule has 1 aliphatic rings. The van der Waals surface area contributed by atoms with Crippen molar-refractivity contribution < 1.29 is 9.53 Å². The molecule has 102 valence electrons. The van der Waals surface area contributed by atoms with E-state index in [1.165, 1.54) is 11.3 Å². The number of nitrogens with zero attached hydrogens (tertiary/aromatic N) is 2. The Morgan fingerprint density at radius 2 is 2.32 bits per heavy atom. The first-order valence-corrected chi connectivity index (χ1v) is 6.87. The lowest BCUT2D eigenvalue weighted by molar-refractivity contribution is 0.0964. The first kappa shape index (κ1) is 13.6. The van der Waals surface area contributed by atoms with Gasteiger partial charge in [-0.1, -0.05) is 0 Å². The number of nitriles is 1. The summed E-state index contributed by atoms with van der Waals surface area (Å²) in [6.45, 7) is 2.84. The first-order chi connectivity index (χ1) is 9.19. The molecule has 1 aliphatic heterocycles. The van der Waals surface area contributed by atoms with E-state index in [1.54, 1.807) is 7.05 Å². The summed E-state index contributed by atoms with van der Waals surface area (Å²) in [7, 11) is 1.56. The molecule has 1 aromatic heterocycles. The molecule has 0 bridgehead atoms. The molecule has 0 aliphatic carbocycles. The Labute approximate surface area is 115 Å². The van der Waals surface area contributed by atoms with Crippen molar-refractivity contribution in [2.75, 3.05) is 44.0 Å². The minimum absolute atomic E-state index is 0.254. The van der Waals surface area contributed by atoms with Crippen molar-refractivity contribution in [1.29, 1.82) is 5.26 Å². The lowest BCUT2D eigenvalue weighted by Gasteiger charge is -2.21. The normalized spacial score (nSPS) is 15.7. The van der Waals surface area contributed by atoms with Crippen molar-refractivity contribution in [2.45, 2.75) is 6.42 Å². The molecule has 0 radical (unpaired) electrons. The van der Waals surface area contributed by atoms with Gasteiger partial charge < -0.3 is 20.7 Å². The van der Waals surface area contributed by atoms with E-state index in [-0.39, 0.29) is 11.6 Å². The predicted octanol–water partition coefficient (Wildman–Crippen LogP) is 0.788. The van der Waals surface area contributed by atoms with E-state index in [0.29, 0.717) is 23.6 Å². The van der Waals surface area contributed by atoms with E-state index < -0.39 is 0 Å². The van der Waals surface area contributed by atoms with Gasteiger partial charge in [0.05, 0.1) is 17.9 Å². The Bertz CT molecular complexity index is 513. The summed E-state index contributed by atoms with van der Waals surface area (Å²) < 4.78 is 5.40. The van der Waals surface area contributed by atoms with E-state index in [9.17, 15) is 4.79 Å². The molecule has 0 aromatic carbocycles. The van der Waals surface area contributed by atoms with Crippen LogP contribution in [-0.4, -0.2) is 39.3 Å². The van der Waals surface area contributed by atoms with Crippen LogP contribution in [0.4, 0.5) is 10.7 Å². The summed E-state index contributed by atoms with van der Waals surface area (Å²) in [6.07, 6.45) is 0.896. The number of amides is 1. The number of hydrogen-bond donors (Lipinski definition) is 2. The van der Waals surface area contributed by atoms with Gasteiger partial charge in [0.15, 0.2) is 0 Å². The maximum Gasteiger partial charge on any atom is 0.256 e. The van der Waals surface area contributed by atoms with Gasteiger partial charge >= 0.3 is 0 Å². The average molecular weight is 280 g/mol. The van der Waals surface area contributed by atoms with E-state index in [2.05, 4.69) is 10.2 Å². The van der Waals surface area contributed by atoms with Crippen LogP contribution in [0.1, 0.15) is 21.7 Å². The summed E-state index contributed by atoms with van der Waals surface area (Å²) >= 11 is 1.27. The molecule has 1 saturated heterocycles. The molecule has 0 spiro atoms. The number of nitrogens with one attached hydrogen (secondary N) is 1. The number of carbonyl (C=O) groups excluding carboxylic acids is 1. The highest BCUT2D eigenvalue weighted by molar-refractivity contribution is 7.17. The van der Waals surface area contributed by atoms with Crippen LogP contribution >= 0.6 is 11.3 Å². The summed E-state index contributed by atoms with van der Waals surface area (Å²) in [4.78, 5) is 14.4. The summed E-state index contributed by atoms with van der Waals surface area (Å²) in [5, 5.41) is 12.4. The Morgan fingerprint density at radius 3 is 3.00 bits per heavy atom. The molecule has 1 aromatic rings. The molecule has 7 heteroatoms. The number of hydrogen-bond acceptors (Lipinski definition) is 6. The molecule has 2 rings (SSSR count). The third-order valence-corrected chi connectivity index (χ3v) is 4.16. The smallest absolute Gasteiger partial charge is 0.256 e. The first-order valence-electron chi connectivity index (χ1n) is 6.06. The second-order valence-corrected chi connectivity index (χ2v) is 5.17. The van der Waals surface area contributed by atoms with Gasteiger partial charge in [-0.05, 0) is 6.42 Å². The van der Waals surface area contributed by atoms with Crippen LogP contribution in [0.15, 0.2) is 0 Å². The van der Waals surface area contributed by atoms with Gasteiger partial charge in [-0.2, -0.15) is 5.26 Å². The molecule has 1 amide bonds. The zero-order valence-electron chi connectivity index (χ0n) is 10.7. The van der Waals surface area contributed by atoms with Crippen LogP contribution in [0.5, 0.6) is 0 Å². The van der Waals surface area contributed by atoms with Crippen molar-refractivity contribution >= 4 is 27.9 Å². The zero-order chi connectivity index (χ0) is 13.8. The van der Waals surface area contributed by atoms with E-state index in [0.717, 1.165) is 24.6 Å². The maximum atomic E-state index is 12.0. The predicted molar refractivity (Wildman–Crippen MR) is 74.5 cm³/mol. The number of nitrogen functional groups attached to an aromatic ring is 1. The minimum Gasteiger partial charge on any atom is -0.396 e. The minimum atomic E-state index is -0.254. The molecule has 0 atom stereocenters. The van der Waals surface area contributed by atoms with Crippen molar-refractivity contribution in [3.8, 4) is 6.07 Å². The average Bonchev–Trinajstić information content (AvgIpc) is 2.61. The second kappa shape index (κ2) is 5.91. The van der Waals surface area contributed by atoms with E-state index in [4.69, 9.17) is 15.7 Å². The van der Waals surface area contributed by atoms with Gasteiger partial charge in [0.2, 0.25) is 0 Å². The van der Waals surface area contributed by atoms with Gasteiger partial charge in [-0.25, -0.2) is 0 Å². The maximum absolute atomic E-state index is 12.0. The van der Waals surface area contributed by atoms with Gasteiger partial charge in [0.25, 0.3) is 5.91 Å². The highest BCUT2D eigenvalue weighted by Gasteiger charge is 2.25. The lowest BCUT2D eigenvalue weighted by atomic mass is 10.2. The van der Waals surface area contributed by atoms with E-state index in [1.807, 2.05) is 6.07 Å². The number of carbonyl (C=O) groups is 1. The third kappa shape index (κ3) is 2.64. The summed E-state index contributed by atoms with van der Waals surface area (Å²) in [5.41, 5.74) is 6.58. The largest absolute Gasteiger partial charge is 0.396 e. The van der Waals surface area contributed by atoms with Crippen molar-refractivity contribution in [1.82, 2.24) is 5.32 Å². The summed E-state index contributed by atoms with van der Waals surface area (Å²) in [6, 6.07) is 2.05. The van der Waals surface area contributed by atoms with Gasteiger partial charge in [0.1, 0.15) is 15.9 Å². The van der Waals surface area contributed by atoms with E-state index >= 15 is 0 Å². The van der Waals surface area contributed by atoms with Crippen LogP contribution in [0.2, 0.25) is 0 Å². The Kier molecular flexibility index (Phi) is 4.24. The quantitative estimate of drug-likeness (QED) is 0.835. The molecule has 1 fully saturated rings. The fourth-order valence-corrected chi connectivity index (χ4v) is 3.10. The van der Waals surface area contributed by atoms with Crippen LogP contribution in [0.3, 0.4) is 0 Å². The highest BCUT2D eigenvalue weighted by atomic mass is 32.1. The van der Waals surface area contributed by atoms with Crippen LogP contribution < -0.4 is 16.0 Å². The highest BCUT2D eigenvalue weighted by Crippen LogP contribution is 2.38. The van der Waals surface area contributed by atoms with Crippen LogP contribution in [0.25, 0.3) is 0 Å². The standard InChI is InChI=1S/C12H16N4O2S/c1-15-11(17)9-10(14)8(7-13)19-12(9)16-3-2-5-18-6-4-16/h2-6,14H2,1H3,(H,15,17). The Hall–Kier alpha value is -1.78. The number of thiophene rings is 1. The molecule has 6 nitrogen and oxygen atoms in total. The molecule has 3 N–H and O–H groups in total. The molecule has 0 unspecified atom stereocenters. The molecular formula is C12H16N4O2S. The lowest BCUT2D eigenvalue weighted by Crippen LogP contribution is -2.28. The topological polar surface area (TPSA) is 91.4 Å². The molecule has 19 heavy (non-hydrogen) atoms. The van der Waals surface area contributed by atoms with Crippen molar-refractivity contribution in [3.05, 3.63) is 10.4 Å². The zero-order valence-corrected chi connectivity index (χ0v) is 11.5. The van der Waals surface area contributed by atoms with Gasteiger partial charge in [0, 0.05) is 26.7 Å². The summed E-state index contributed by atoms with van der Waals surface area (Å²) in [5.74, 6) is -0.254. The number of rotatable bonds is 2. The molecule has 2 heterocycles. The fraction of sp³-hybridized carbons (Fsp3) is 0.500. The third-order valence-electron chi connectivity index (χ3n) is 2.99. The fourth-order valence-electron chi connectivity index (χ4n) is 2.03. The Morgan fingerprint density at radius 1 is 1.53 bits per heavy atom. The van der Waals surface area contributed by atoms with Crippen LogP contribution in [-0.2, 0) is 4.74 Å². The van der Waals surface area contributed by atoms with Gasteiger partial charge in [-0.15, -0.1) is 11.3 Å². The second-order valence-electron chi connectivity index (χ2n) is 4.17. The Balaban J connectivity index is 2.43. The van der Waals surface area contributed by atoms with Crippen LogP contribution in [0, 0.1) is 11.3 Å². The van der Waals surface area contributed by atoms with Crippen molar-refractivity contribution in [3.63, 3.8) is 0 Å². The number of nitrogens with two attached hydrogens (primary N) is 1. The molecular weight excluding hydrogens is 264 g/mol. The SMILES string of the molecule is CNC(=O)c1c(N2CCCOCC2)sc(C#N)c1N. The van der Waals surface area contributed by atoms with Gasteiger partial charge in [-0.3, -0.25) is 4.79 Å².